The molecule has 1 heterocycles. The Morgan fingerprint density at radius 3 is 2.55 bits per heavy atom. The van der Waals surface area contributed by atoms with Crippen molar-refractivity contribution in [1.82, 2.24) is 4.98 Å². The van der Waals surface area contributed by atoms with Crippen LogP contribution in [-0.2, 0) is 4.79 Å². The van der Waals surface area contributed by atoms with Crippen molar-refractivity contribution >= 4 is 34.1 Å². The summed E-state index contributed by atoms with van der Waals surface area (Å²) >= 11 is 5.93. The Labute approximate surface area is 175 Å². The molecule has 1 saturated carbocycles. The van der Waals surface area contributed by atoms with E-state index in [1.54, 1.807) is 29.2 Å². The van der Waals surface area contributed by atoms with Crippen molar-refractivity contribution < 1.29 is 9.18 Å². The number of carbonyl (C=O) groups is 1. The first kappa shape index (κ1) is 19.8. The molecule has 2 aromatic carbocycles. The number of nitrogens with zero attached hydrogens (tertiary/aromatic N) is 2. The Balaban J connectivity index is 1.39. The normalized spacial score (nSPS) is 19.3. The summed E-state index contributed by atoms with van der Waals surface area (Å²) in [6.07, 6.45) is 6.40. The molecule has 1 aromatic heterocycles. The van der Waals surface area contributed by atoms with Crippen LogP contribution in [0.5, 0.6) is 0 Å². The Morgan fingerprint density at radius 1 is 1.10 bits per heavy atom. The molecule has 0 aliphatic heterocycles. The Hall–Kier alpha value is -2.46. The number of carbonyl (C=O) groups excluding carboxylic acids is 1. The Bertz CT molecular complexity index is 1010. The molecule has 1 amide bonds. The van der Waals surface area contributed by atoms with E-state index in [0.717, 1.165) is 42.3 Å². The van der Waals surface area contributed by atoms with Gasteiger partial charge in [0.1, 0.15) is 5.82 Å². The first-order valence-corrected chi connectivity index (χ1v) is 10.5. The number of benzene rings is 2. The molecule has 1 aliphatic rings. The zero-order chi connectivity index (χ0) is 20.4. The summed E-state index contributed by atoms with van der Waals surface area (Å²) in [6, 6.07) is 14.1. The molecule has 1 aliphatic carbocycles. The first-order chi connectivity index (χ1) is 14.0. The van der Waals surface area contributed by atoms with Crippen molar-refractivity contribution in [1.29, 1.82) is 0 Å². The van der Waals surface area contributed by atoms with Gasteiger partial charge in [-0.3, -0.25) is 9.78 Å². The lowest BCUT2D eigenvalue weighted by Crippen LogP contribution is -2.29. The third kappa shape index (κ3) is 4.43. The van der Waals surface area contributed by atoms with Crippen LogP contribution in [0.3, 0.4) is 0 Å². The van der Waals surface area contributed by atoms with Gasteiger partial charge < -0.3 is 4.90 Å². The van der Waals surface area contributed by atoms with E-state index in [1.807, 2.05) is 31.4 Å². The minimum Gasteiger partial charge on any atom is -0.315 e. The van der Waals surface area contributed by atoms with Gasteiger partial charge in [0, 0.05) is 35.8 Å². The Morgan fingerprint density at radius 2 is 1.83 bits per heavy atom. The summed E-state index contributed by atoms with van der Waals surface area (Å²) in [6.45, 7) is 0. The second kappa shape index (κ2) is 8.50. The SMILES string of the molecule is CN(C(=O)CC1CCC(c2ccnc3ccc(F)cc23)CC1)c1ccc(Cl)cc1. The van der Waals surface area contributed by atoms with Crippen LogP contribution < -0.4 is 4.90 Å². The van der Waals surface area contributed by atoms with Gasteiger partial charge in [0.2, 0.25) is 5.91 Å². The molecule has 3 aromatic rings. The lowest BCUT2D eigenvalue weighted by molar-refractivity contribution is -0.119. The van der Waals surface area contributed by atoms with Crippen molar-refractivity contribution in [3.8, 4) is 0 Å². The van der Waals surface area contributed by atoms with Crippen molar-refractivity contribution in [2.75, 3.05) is 11.9 Å². The topological polar surface area (TPSA) is 33.2 Å². The maximum Gasteiger partial charge on any atom is 0.226 e. The second-order valence-electron chi connectivity index (χ2n) is 7.91. The standard InChI is InChI=1S/C24H24ClFN2O/c1-28(20-9-6-18(25)7-10-20)24(29)14-16-2-4-17(5-3-16)21-12-13-27-23-11-8-19(26)15-22(21)23/h6-13,15-17H,2-5,14H2,1H3. The molecule has 0 radical (unpaired) electrons. The van der Waals surface area contributed by atoms with Crippen molar-refractivity contribution in [2.45, 2.75) is 38.0 Å². The van der Waals surface area contributed by atoms with Crippen LogP contribution in [0.2, 0.25) is 5.02 Å². The fourth-order valence-corrected chi connectivity index (χ4v) is 4.49. The van der Waals surface area contributed by atoms with Gasteiger partial charge in [-0.05, 0) is 91.6 Å². The van der Waals surface area contributed by atoms with E-state index in [0.29, 0.717) is 23.3 Å². The zero-order valence-corrected chi connectivity index (χ0v) is 17.2. The molecule has 0 unspecified atom stereocenters. The maximum absolute atomic E-state index is 13.7. The summed E-state index contributed by atoms with van der Waals surface area (Å²) in [4.78, 5) is 18.8. The maximum atomic E-state index is 13.7. The highest BCUT2D eigenvalue weighted by molar-refractivity contribution is 6.30. The summed E-state index contributed by atoms with van der Waals surface area (Å²) in [5.74, 6) is 0.685. The fourth-order valence-electron chi connectivity index (χ4n) is 4.37. The molecule has 0 saturated heterocycles. The number of anilines is 1. The van der Waals surface area contributed by atoms with Crippen molar-refractivity contribution in [3.63, 3.8) is 0 Å². The van der Waals surface area contributed by atoms with Gasteiger partial charge >= 0.3 is 0 Å². The van der Waals surface area contributed by atoms with Gasteiger partial charge in [-0.15, -0.1) is 0 Å². The molecule has 3 nitrogen and oxygen atoms in total. The van der Waals surface area contributed by atoms with Gasteiger partial charge in [0.15, 0.2) is 0 Å². The minimum atomic E-state index is -0.226. The van der Waals surface area contributed by atoms with Gasteiger partial charge in [-0.25, -0.2) is 4.39 Å². The third-order valence-electron chi connectivity index (χ3n) is 6.08. The average Bonchev–Trinajstić information content (AvgIpc) is 2.74. The number of hydrogen-bond donors (Lipinski definition) is 0. The number of fused-ring (bicyclic) bond motifs is 1. The molecule has 0 atom stereocenters. The first-order valence-electron chi connectivity index (χ1n) is 10.1. The zero-order valence-electron chi connectivity index (χ0n) is 16.4. The van der Waals surface area contributed by atoms with E-state index < -0.39 is 0 Å². The van der Waals surface area contributed by atoms with Crippen LogP contribution in [-0.4, -0.2) is 17.9 Å². The lowest BCUT2D eigenvalue weighted by atomic mass is 9.76. The monoisotopic (exact) mass is 410 g/mol. The van der Waals surface area contributed by atoms with E-state index in [2.05, 4.69) is 4.98 Å². The van der Waals surface area contributed by atoms with Gasteiger partial charge in [-0.2, -0.15) is 0 Å². The van der Waals surface area contributed by atoms with Crippen molar-refractivity contribution in [3.05, 3.63) is 71.1 Å². The number of rotatable bonds is 4. The van der Waals surface area contributed by atoms with Crippen molar-refractivity contribution in [2.24, 2.45) is 5.92 Å². The van der Waals surface area contributed by atoms with Crippen LogP contribution >= 0.6 is 11.6 Å². The van der Waals surface area contributed by atoms with Crippen LogP contribution in [0.4, 0.5) is 10.1 Å². The summed E-state index contributed by atoms with van der Waals surface area (Å²) in [7, 11) is 1.81. The highest BCUT2D eigenvalue weighted by Crippen LogP contribution is 2.39. The second-order valence-corrected chi connectivity index (χ2v) is 8.35. The molecule has 1 fully saturated rings. The van der Waals surface area contributed by atoms with E-state index in [4.69, 9.17) is 11.6 Å². The van der Waals surface area contributed by atoms with Crippen LogP contribution in [0.1, 0.15) is 43.6 Å². The van der Waals surface area contributed by atoms with Crippen LogP contribution in [0.25, 0.3) is 10.9 Å². The van der Waals surface area contributed by atoms with E-state index in [1.165, 1.54) is 11.6 Å². The molecule has 4 rings (SSSR count). The molecule has 5 heteroatoms. The molecule has 150 valence electrons. The predicted molar refractivity (Wildman–Crippen MR) is 116 cm³/mol. The fraction of sp³-hybridized carbons (Fsp3) is 0.333. The average molecular weight is 411 g/mol. The number of amides is 1. The number of halogens is 2. The Kier molecular flexibility index (Phi) is 5.81. The number of pyridine rings is 1. The van der Waals surface area contributed by atoms with Gasteiger partial charge in [0.05, 0.1) is 5.52 Å². The minimum absolute atomic E-state index is 0.132. The van der Waals surface area contributed by atoms with E-state index in [-0.39, 0.29) is 11.7 Å². The van der Waals surface area contributed by atoms with Crippen LogP contribution in [0, 0.1) is 11.7 Å². The third-order valence-corrected chi connectivity index (χ3v) is 6.33. The quantitative estimate of drug-likeness (QED) is 0.501. The predicted octanol–water partition coefficient (Wildman–Crippen LogP) is 6.35. The number of hydrogen-bond acceptors (Lipinski definition) is 2. The highest BCUT2D eigenvalue weighted by Gasteiger charge is 2.26. The lowest BCUT2D eigenvalue weighted by Gasteiger charge is -2.30. The smallest absolute Gasteiger partial charge is 0.226 e. The van der Waals surface area contributed by atoms with E-state index >= 15 is 0 Å². The summed E-state index contributed by atoms with van der Waals surface area (Å²) in [5.41, 5.74) is 2.88. The molecule has 0 bridgehead atoms. The van der Waals surface area contributed by atoms with Gasteiger partial charge in [-0.1, -0.05) is 11.6 Å². The van der Waals surface area contributed by atoms with Gasteiger partial charge in [0.25, 0.3) is 0 Å². The number of aromatic nitrogens is 1. The van der Waals surface area contributed by atoms with Crippen LogP contribution in [0.15, 0.2) is 54.7 Å². The molecular formula is C24H24ClFN2O. The van der Waals surface area contributed by atoms with E-state index in [9.17, 15) is 9.18 Å². The summed E-state index contributed by atoms with van der Waals surface area (Å²) in [5, 5.41) is 1.57. The highest BCUT2D eigenvalue weighted by atomic mass is 35.5. The molecule has 0 N–H and O–H groups in total. The molecule has 0 spiro atoms. The molecule has 29 heavy (non-hydrogen) atoms. The molecular weight excluding hydrogens is 387 g/mol. The largest absolute Gasteiger partial charge is 0.315 e. The summed E-state index contributed by atoms with van der Waals surface area (Å²) < 4.78 is 13.7.